The Bertz CT molecular complexity index is 1550. The van der Waals surface area contributed by atoms with Crippen molar-refractivity contribution in [2.45, 2.75) is 31.9 Å². The molecule has 0 amide bonds. The van der Waals surface area contributed by atoms with Crippen LogP contribution in [0.15, 0.2) is 84.2 Å². The molecular weight excluding hydrogens is 520 g/mol. The minimum absolute atomic E-state index is 0.0323. The van der Waals surface area contributed by atoms with Crippen LogP contribution in [-0.4, -0.2) is 54.3 Å². The zero-order valence-electron chi connectivity index (χ0n) is 22.5. The molecule has 0 aliphatic carbocycles. The summed E-state index contributed by atoms with van der Waals surface area (Å²) in [4.78, 5) is 39.1. The van der Waals surface area contributed by atoms with E-state index in [9.17, 15) is 14.4 Å². The van der Waals surface area contributed by atoms with Crippen LogP contribution in [-0.2, 0) is 9.53 Å². The maximum Gasteiger partial charge on any atom is 0.333 e. The smallest absolute Gasteiger partial charge is 0.333 e. The Kier molecular flexibility index (Phi) is 7.26. The number of Topliss-reactive ketones (excluding diaryl/α,β-unsaturated/α-hetero) is 2. The molecule has 0 saturated carbocycles. The monoisotopic (exact) mass is 553 g/mol. The molecule has 3 aromatic carbocycles. The Balaban J connectivity index is 1.25. The van der Waals surface area contributed by atoms with Crippen LogP contribution in [0, 0.1) is 5.92 Å². The number of ether oxygens (including phenoxy) is 1. The average molecular weight is 554 g/mol. The van der Waals surface area contributed by atoms with E-state index in [1.807, 2.05) is 72.1 Å². The highest BCUT2D eigenvalue weighted by atomic mass is 32.1. The number of nitrogens with one attached hydrogen (secondary N) is 1. The molecule has 1 unspecified atom stereocenters. The number of anilines is 1. The van der Waals surface area contributed by atoms with Crippen molar-refractivity contribution in [3.63, 3.8) is 0 Å². The highest BCUT2D eigenvalue weighted by molar-refractivity contribution is 7.17. The minimum atomic E-state index is -0.729. The molecule has 7 rings (SSSR count). The van der Waals surface area contributed by atoms with Crippen LogP contribution < -0.4 is 5.32 Å². The molecule has 4 aromatic rings. The SMILES string of the molecule is CC(=O)c1cccc(NC(C(=O)O[C@H]2C[N+]3(CC(=O)c4ccccc4)CCC2CC3)c2csc3ccccc23)c1. The van der Waals surface area contributed by atoms with Crippen molar-refractivity contribution >= 4 is 44.6 Å². The number of piperidine rings is 3. The average Bonchev–Trinajstić information content (AvgIpc) is 3.41. The number of hydrogen-bond acceptors (Lipinski definition) is 6. The van der Waals surface area contributed by atoms with E-state index in [1.54, 1.807) is 23.5 Å². The molecule has 204 valence electrons. The van der Waals surface area contributed by atoms with Gasteiger partial charge >= 0.3 is 5.97 Å². The molecule has 7 heteroatoms. The van der Waals surface area contributed by atoms with E-state index in [0.717, 1.165) is 47.1 Å². The number of hydrogen-bond donors (Lipinski definition) is 1. The molecule has 2 atom stereocenters. The summed E-state index contributed by atoms with van der Waals surface area (Å²) in [5.74, 6) is 0.0792. The van der Waals surface area contributed by atoms with E-state index < -0.39 is 6.04 Å². The maximum atomic E-state index is 14.0. The van der Waals surface area contributed by atoms with E-state index in [1.165, 1.54) is 6.92 Å². The molecule has 0 radical (unpaired) electrons. The highest BCUT2D eigenvalue weighted by Gasteiger charge is 2.49. The predicted octanol–water partition coefficient (Wildman–Crippen LogP) is 6.29. The van der Waals surface area contributed by atoms with Crippen LogP contribution in [0.3, 0.4) is 0 Å². The standard InChI is InChI=1S/C33H33N2O4S/c1-22(36)25-10-7-11-26(18-25)34-32(28-21-40-31-13-6-5-12-27(28)31)33(38)39-30-20-35(16-14-24(30)15-17-35)19-29(37)23-8-3-2-4-9-23/h2-13,18,21,24,30,32,34H,14-17,19-20H2,1H3/q+1/t24?,30-,32?,35?/m0/s1. The first kappa shape index (κ1) is 26.4. The molecule has 3 aliphatic heterocycles. The molecule has 0 spiro atoms. The number of ketones is 2. The van der Waals surface area contributed by atoms with Crippen LogP contribution in [0.25, 0.3) is 10.1 Å². The van der Waals surface area contributed by atoms with Crippen LogP contribution >= 0.6 is 11.3 Å². The Morgan fingerprint density at radius 3 is 2.45 bits per heavy atom. The van der Waals surface area contributed by atoms with E-state index in [-0.39, 0.29) is 23.6 Å². The maximum absolute atomic E-state index is 14.0. The van der Waals surface area contributed by atoms with E-state index in [4.69, 9.17) is 4.74 Å². The number of fused-ring (bicyclic) bond motifs is 4. The third-order valence-corrected chi connectivity index (χ3v) is 9.50. The predicted molar refractivity (Wildman–Crippen MR) is 158 cm³/mol. The van der Waals surface area contributed by atoms with E-state index >= 15 is 0 Å². The van der Waals surface area contributed by atoms with E-state index in [2.05, 4.69) is 5.32 Å². The van der Waals surface area contributed by atoms with Crippen molar-refractivity contribution in [2.24, 2.45) is 5.92 Å². The van der Waals surface area contributed by atoms with Gasteiger partial charge in [-0.2, -0.15) is 0 Å². The van der Waals surface area contributed by atoms with Gasteiger partial charge in [0.25, 0.3) is 0 Å². The lowest BCUT2D eigenvalue weighted by Crippen LogP contribution is -2.65. The van der Waals surface area contributed by atoms with Gasteiger partial charge in [0, 0.05) is 45.8 Å². The fourth-order valence-corrected chi connectivity index (χ4v) is 7.28. The summed E-state index contributed by atoms with van der Waals surface area (Å²) in [6.45, 7) is 4.50. The minimum Gasteiger partial charge on any atom is -0.454 e. The lowest BCUT2D eigenvalue weighted by molar-refractivity contribution is -0.938. The molecule has 1 N–H and O–H groups in total. The zero-order chi connectivity index (χ0) is 27.7. The number of quaternary nitrogens is 1. The second-order valence-electron chi connectivity index (χ2n) is 11.1. The first-order chi connectivity index (χ1) is 19.4. The Labute approximate surface area is 238 Å². The summed E-state index contributed by atoms with van der Waals surface area (Å²) in [6.07, 6.45) is 1.65. The lowest BCUT2D eigenvalue weighted by Gasteiger charge is -2.51. The fourth-order valence-electron chi connectivity index (χ4n) is 6.29. The van der Waals surface area contributed by atoms with Crippen LogP contribution in [0.2, 0.25) is 0 Å². The molecular formula is C33H33N2O4S+. The van der Waals surface area contributed by atoms with Gasteiger partial charge < -0.3 is 14.5 Å². The Hall–Kier alpha value is -3.81. The normalized spacial score (nSPS) is 22.5. The van der Waals surface area contributed by atoms with Gasteiger partial charge in [-0.25, -0.2) is 4.79 Å². The molecule has 2 bridgehead atoms. The third-order valence-electron chi connectivity index (χ3n) is 8.52. The second-order valence-corrected chi connectivity index (χ2v) is 12.0. The molecule has 40 heavy (non-hydrogen) atoms. The number of benzene rings is 3. The van der Waals surface area contributed by atoms with Crippen molar-refractivity contribution in [1.82, 2.24) is 0 Å². The van der Waals surface area contributed by atoms with Gasteiger partial charge in [0.15, 0.2) is 17.9 Å². The second kappa shape index (κ2) is 11.0. The summed E-state index contributed by atoms with van der Waals surface area (Å²) >= 11 is 1.60. The molecule has 1 aromatic heterocycles. The van der Waals surface area contributed by atoms with E-state index in [0.29, 0.717) is 34.7 Å². The number of rotatable bonds is 9. The summed E-state index contributed by atoms with van der Waals surface area (Å²) in [5.41, 5.74) is 2.87. The van der Waals surface area contributed by atoms with Crippen molar-refractivity contribution in [1.29, 1.82) is 0 Å². The first-order valence-electron chi connectivity index (χ1n) is 13.9. The van der Waals surface area contributed by atoms with Crippen molar-refractivity contribution in [3.8, 4) is 0 Å². The highest BCUT2D eigenvalue weighted by Crippen LogP contribution is 2.38. The number of nitrogens with zero attached hydrogens (tertiary/aromatic N) is 1. The van der Waals surface area contributed by atoms with Gasteiger partial charge in [-0.05, 0) is 35.9 Å². The molecule has 3 saturated heterocycles. The number of carbonyl (C=O) groups is 3. The van der Waals surface area contributed by atoms with Gasteiger partial charge in [-0.15, -0.1) is 11.3 Å². The topological polar surface area (TPSA) is 72.5 Å². The summed E-state index contributed by atoms with van der Waals surface area (Å²) < 4.78 is 8.10. The fraction of sp³-hybridized carbons (Fsp3) is 0.303. The van der Waals surface area contributed by atoms with Gasteiger partial charge in [0.2, 0.25) is 5.78 Å². The summed E-state index contributed by atoms with van der Waals surface area (Å²) in [7, 11) is 0. The number of esters is 1. The summed E-state index contributed by atoms with van der Waals surface area (Å²) in [5, 5.41) is 6.41. The van der Waals surface area contributed by atoms with Gasteiger partial charge in [0.05, 0.1) is 13.1 Å². The van der Waals surface area contributed by atoms with Crippen LogP contribution in [0.5, 0.6) is 0 Å². The lowest BCUT2D eigenvalue weighted by atomic mass is 9.82. The van der Waals surface area contributed by atoms with Gasteiger partial charge in [-0.1, -0.05) is 60.7 Å². The zero-order valence-corrected chi connectivity index (χ0v) is 23.4. The molecule has 4 heterocycles. The van der Waals surface area contributed by atoms with Gasteiger partial charge in [0.1, 0.15) is 13.1 Å². The summed E-state index contributed by atoms with van der Waals surface area (Å²) in [6, 6.07) is 24.0. The number of carbonyl (C=O) groups excluding carboxylic acids is 3. The number of thiophene rings is 1. The van der Waals surface area contributed by atoms with Crippen molar-refractivity contribution < 1.29 is 23.6 Å². The molecule has 6 nitrogen and oxygen atoms in total. The quantitative estimate of drug-likeness (QED) is 0.150. The largest absolute Gasteiger partial charge is 0.454 e. The first-order valence-corrected chi connectivity index (χ1v) is 14.8. The van der Waals surface area contributed by atoms with Gasteiger partial charge in [-0.3, -0.25) is 9.59 Å². The Morgan fingerprint density at radius 2 is 1.68 bits per heavy atom. The van der Waals surface area contributed by atoms with Crippen LogP contribution in [0.1, 0.15) is 52.1 Å². The van der Waals surface area contributed by atoms with Crippen molar-refractivity contribution in [3.05, 3.63) is 101 Å². The third kappa shape index (κ3) is 5.31. The molecule has 3 fully saturated rings. The van der Waals surface area contributed by atoms with Crippen LogP contribution in [0.4, 0.5) is 5.69 Å². The molecule has 3 aliphatic rings. The van der Waals surface area contributed by atoms with Crippen molar-refractivity contribution in [2.75, 3.05) is 31.5 Å². The Morgan fingerprint density at radius 1 is 0.950 bits per heavy atom.